The molecule has 0 saturated carbocycles. The van der Waals surface area contributed by atoms with Crippen LogP contribution in [-0.4, -0.2) is 35.2 Å². The first-order chi connectivity index (χ1) is 8.72. The highest BCUT2D eigenvalue weighted by Gasteiger charge is 2.30. The molecule has 0 spiro atoms. The van der Waals surface area contributed by atoms with Crippen LogP contribution in [0.3, 0.4) is 0 Å². The Morgan fingerprint density at radius 1 is 1.67 bits per heavy atom. The molecule has 0 N–H and O–H groups in total. The maximum atomic E-state index is 6.08. The van der Waals surface area contributed by atoms with Gasteiger partial charge in [0, 0.05) is 25.2 Å². The van der Waals surface area contributed by atoms with Crippen LogP contribution < -0.4 is 4.90 Å². The lowest BCUT2D eigenvalue weighted by Crippen LogP contribution is -2.37. The van der Waals surface area contributed by atoms with Crippen LogP contribution in [0, 0.1) is 0 Å². The van der Waals surface area contributed by atoms with E-state index in [1.165, 1.54) is 0 Å². The Morgan fingerprint density at radius 2 is 2.50 bits per heavy atom. The number of hydrogen-bond donors (Lipinski definition) is 0. The summed E-state index contributed by atoms with van der Waals surface area (Å²) in [6, 6.07) is 0.386. The van der Waals surface area contributed by atoms with Crippen LogP contribution in [0.1, 0.15) is 19.0 Å². The van der Waals surface area contributed by atoms with Gasteiger partial charge < -0.3 is 9.64 Å². The van der Waals surface area contributed by atoms with Crippen molar-refractivity contribution in [2.45, 2.75) is 31.4 Å². The Morgan fingerprint density at radius 3 is 3.17 bits per heavy atom. The van der Waals surface area contributed by atoms with E-state index in [1.54, 1.807) is 11.3 Å². The molecule has 0 aromatic carbocycles. The number of fused-ring (bicyclic) bond motifs is 1. The Labute approximate surface area is 115 Å². The summed E-state index contributed by atoms with van der Waals surface area (Å²) in [5.74, 6) is 1.46. The van der Waals surface area contributed by atoms with Crippen molar-refractivity contribution < 1.29 is 4.74 Å². The second-order valence-corrected chi connectivity index (χ2v) is 5.75. The van der Waals surface area contributed by atoms with Gasteiger partial charge in [-0.2, -0.15) is 0 Å². The lowest BCUT2D eigenvalue weighted by Gasteiger charge is -2.27. The molecular formula is C12H16ClN3OS. The predicted molar refractivity (Wildman–Crippen MR) is 74.8 cm³/mol. The van der Waals surface area contributed by atoms with E-state index in [9.17, 15) is 0 Å². The average Bonchev–Trinajstić information content (AvgIpc) is 3.01. The SMILES string of the molecule is CC1OCCC1N(C)c1nc2sccn2c1CCl. The van der Waals surface area contributed by atoms with Crippen LogP contribution in [0.25, 0.3) is 4.96 Å². The molecule has 0 bridgehead atoms. The van der Waals surface area contributed by atoms with E-state index in [0.29, 0.717) is 11.9 Å². The number of alkyl halides is 1. The molecule has 6 heteroatoms. The summed E-state index contributed by atoms with van der Waals surface area (Å²) in [5.41, 5.74) is 1.06. The van der Waals surface area contributed by atoms with E-state index in [2.05, 4.69) is 28.3 Å². The highest BCUT2D eigenvalue weighted by molar-refractivity contribution is 7.15. The van der Waals surface area contributed by atoms with Gasteiger partial charge in [0.05, 0.1) is 23.7 Å². The Hall–Kier alpha value is -0.780. The van der Waals surface area contributed by atoms with Crippen molar-refractivity contribution in [2.75, 3.05) is 18.6 Å². The van der Waals surface area contributed by atoms with Gasteiger partial charge in [-0.15, -0.1) is 22.9 Å². The quantitative estimate of drug-likeness (QED) is 0.812. The molecule has 1 aliphatic heterocycles. The Kier molecular flexibility index (Phi) is 3.21. The number of aromatic nitrogens is 2. The van der Waals surface area contributed by atoms with Crippen LogP contribution in [0.2, 0.25) is 0 Å². The maximum Gasteiger partial charge on any atom is 0.195 e. The van der Waals surface area contributed by atoms with E-state index >= 15 is 0 Å². The molecule has 2 aromatic heterocycles. The first kappa shape index (κ1) is 12.3. The van der Waals surface area contributed by atoms with Crippen LogP contribution in [0.5, 0.6) is 0 Å². The van der Waals surface area contributed by atoms with Crippen LogP contribution in [0.4, 0.5) is 5.82 Å². The van der Waals surface area contributed by atoms with Crippen molar-refractivity contribution in [1.29, 1.82) is 0 Å². The Balaban J connectivity index is 1.99. The molecule has 0 radical (unpaired) electrons. The third-order valence-corrected chi connectivity index (χ3v) is 4.64. The standard InChI is InChI=1S/C12H16ClN3OS/c1-8-9(3-5-17-8)15(2)11-10(7-13)16-4-6-18-12(16)14-11/h4,6,8-9H,3,5,7H2,1-2H3. The third kappa shape index (κ3) is 1.81. The summed E-state index contributed by atoms with van der Waals surface area (Å²) in [4.78, 5) is 7.91. The van der Waals surface area contributed by atoms with Crippen LogP contribution in [-0.2, 0) is 10.6 Å². The molecule has 2 atom stereocenters. The van der Waals surface area contributed by atoms with Gasteiger partial charge in [0.15, 0.2) is 10.8 Å². The first-order valence-electron chi connectivity index (χ1n) is 6.07. The van der Waals surface area contributed by atoms with Crippen molar-refractivity contribution in [2.24, 2.45) is 0 Å². The summed E-state index contributed by atoms with van der Waals surface area (Å²) < 4.78 is 7.70. The fraction of sp³-hybridized carbons (Fsp3) is 0.583. The van der Waals surface area contributed by atoms with Crippen molar-refractivity contribution in [3.05, 3.63) is 17.3 Å². The lowest BCUT2D eigenvalue weighted by atomic mass is 10.1. The molecule has 98 valence electrons. The van der Waals surface area contributed by atoms with Gasteiger partial charge in [0.25, 0.3) is 0 Å². The van der Waals surface area contributed by atoms with E-state index in [-0.39, 0.29) is 6.10 Å². The predicted octanol–water partition coefficient (Wildman–Crippen LogP) is 2.75. The number of likely N-dealkylation sites (N-methyl/N-ethyl adjacent to an activating group) is 1. The van der Waals surface area contributed by atoms with E-state index < -0.39 is 0 Å². The lowest BCUT2D eigenvalue weighted by molar-refractivity contribution is 0.118. The number of imidazole rings is 1. The van der Waals surface area contributed by atoms with Gasteiger partial charge in [0.2, 0.25) is 0 Å². The number of halogens is 1. The summed E-state index contributed by atoms with van der Waals surface area (Å²) >= 11 is 7.72. The number of anilines is 1. The van der Waals surface area contributed by atoms with Gasteiger partial charge in [0.1, 0.15) is 0 Å². The van der Waals surface area contributed by atoms with Gasteiger partial charge in [-0.25, -0.2) is 4.98 Å². The smallest absolute Gasteiger partial charge is 0.195 e. The Bertz CT molecular complexity index is 553. The molecular weight excluding hydrogens is 270 g/mol. The zero-order valence-corrected chi connectivity index (χ0v) is 12.0. The molecule has 0 aliphatic carbocycles. The van der Waals surface area contributed by atoms with E-state index in [0.717, 1.165) is 29.5 Å². The second kappa shape index (κ2) is 4.72. The minimum absolute atomic E-state index is 0.248. The van der Waals surface area contributed by atoms with Crippen molar-refractivity contribution >= 4 is 33.7 Å². The van der Waals surface area contributed by atoms with Crippen LogP contribution in [0.15, 0.2) is 11.6 Å². The van der Waals surface area contributed by atoms with E-state index in [4.69, 9.17) is 16.3 Å². The van der Waals surface area contributed by atoms with Gasteiger partial charge >= 0.3 is 0 Å². The molecule has 2 aromatic rings. The number of ether oxygens (including phenoxy) is 1. The summed E-state index contributed by atoms with van der Waals surface area (Å²) in [6.07, 6.45) is 3.32. The van der Waals surface area contributed by atoms with Crippen molar-refractivity contribution in [3.63, 3.8) is 0 Å². The largest absolute Gasteiger partial charge is 0.376 e. The minimum atomic E-state index is 0.248. The molecule has 3 heterocycles. The normalized spacial score (nSPS) is 23.9. The molecule has 1 saturated heterocycles. The third-order valence-electron chi connectivity index (χ3n) is 3.63. The molecule has 0 amide bonds. The average molecular weight is 286 g/mol. The second-order valence-electron chi connectivity index (χ2n) is 4.61. The molecule has 2 unspecified atom stereocenters. The zero-order chi connectivity index (χ0) is 12.7. The number of thiazole rings is 1. The fourth-order valence-corrected chi connectivity index (χ4v) is 3.59. The summed E-state index contributed by atoms with van der Waals surface area (Å²) in [7, 11) is 2.08. The highest BCUT2D eigenvalue weighted by Crippen LogP contribution is 2.29. The topological polar surface area (TPSA) is 29.8 Å². The number of rotatable bonds is 3. The van der Waals surface area contributed by atoms with Gasteiger partial charge in [-0.05, 0) is 13.3 Å². The van der Waals surface area contributed by atoms with E-state index in [1.807, 2.05) is 11.6 Å². The molecule has 18 heavy (non-hydrogen) atoms. The van der Waals surface area contributed by atoms with Crippen molar-refractivity contribution in [3.8, 4) is 0 Å². The monoisotopic (exact) mass is 285 g/mol. The maximum absolute atomic E-state index is 6.08. The first-order valence-corrected chi connectivity index (χ1v) is 7.48. The number of hydrogen-bond acceptors (Lipinski definition) is 4. The van der Waals surface area contributed by atoms with Gasteiger partial charge in [-0.1, -0.05) is 0 Å². The van der Waals surface area contributed by atoms with Crippen molar-refractivity contribution in [1.82, 2.24) is 9.38 Å². The molecule has 3 rings (SSSR count). The molecule has 1 fully saturated rings. The zero-order valence-electron chi connectivity index (χ0n) is 10.5. The molecule has 4 nitrogen and oxygen atoms in total. The fourth-order valence-electron chi connectivity index (χ4n) is 2.61. The summed E-state index contributed by atoms with van der Waals surface area (Å²) in [6.45, 7) is 2.95. The molecule has 1 aliphatic rings. The highest BCUT2D eigenvalue weighted by atomic mass is 35.5. The number of nitrogens with zero attached hydrogens (tertiary/aromatic N) is 3. The van der Waals surface area contributed by atoms with Gasteiger partial charge in [-0.3, -0.25) is 4.40 Å². The summed E-state index contributed by atoms with van der Waals surface area (Å²) in [5, 5.41) is 2.03. The van der Waals surface area contributed by atoms with Crippen LogP contribution >= 0.6 is 22.9 Å². The minimum Gasteiger partial charge on any atom is -0.376 e.